The molecule has 0 spiro atoms. The molecule has 17 heavy (non-hydrogen) atoms. The van der Waals surface area contributed by atoms with Gasteiger partial charge in [-0.15, -0.1) is 0 Å². The van der Waals surface area contributed by atoms with E-state index in [1.54, 1.807) is 12.1 Å². The number of ether oxygens (including phenoxy) is 1. The van der Waals surface area contributed by atoms with Gasteiger partial charge in [-0.1, -0.05) is 0 Å². The van der Waals surface area contributed by atoms with Crippen LogP contribution in [-0.4, -0.2) is 31.1 Å². The Balaban J connectivity index is 1.76. The van der Waals surface area contributed by atoms with Crippen LogP contribution in [0.25, 0.3) is 0 Å². The van der Waals surface area contributed by atoms with E-state index in [-0.39, 0.29) is 5.82 Å². The van der Waals surface area contributed by atoms with Gasteiger partial charge >= 0.3 is 0 Å². The normalized spacial score (nSPS) is 28.1. The zero-order valence-corrected chi connectivity index (χ0v) is 10.2. The fraction of sp³-hybridized carbons (Fsp3) is 0.571. The first-order chi connectivity index (χ1) is 8.24. The minimum Gasteiger partial charge on any atom is -0.493 e. The Hall–Kier alpha value is -1.09. The van der Waals surface area contributed by atoms with E-state index in [4.69, 9.17) is 4.74 Å². The molecule has 0 saturated carbocycles. The van der Waals surface area contributed by atoms with E-state index < -0.39 is 0 Å². The third-order valence-corrected chi connectivity index (χ3v) is 4.08. The number of hydrogen-bond donors (Lipinski definition) is 0. The molecule has 2 heterocycles. The van der Waals surface area contributed by atoms with Gasteiger partial charge in [-0.2, -0.15) is 0 Å². The van der Waals surface area contributed by atoms with Crippen molar-refractivity contribution in [3.05, 3.63) is 29.6 Å². The minimum absolute atomic E-state index is 0.154. The summed E-state index contributed by atoms with van der Waals surface area (Å²) in [7, 11) is 2.18. The number of rotatable bonds is 2. The van der Waals surface area contributed by atoms with Crippen LogP contribution in [0.3, 0.4) is 0 Å². The molecule has 2 aliphatic rings. The van der Waals surface area contributed by atoms with Gasteiger partial charge < -0.3 is 9.64 Å². The van der Waals surface area contributed by atoms with Gasteiger partial charge in [-0.05, 0) is 51.1 Å². The Morgan fingerprint density at radius 2 is 2.35 bits per heavy atom. The molecule has 1 saturated heterocycles. The van der Waals surface area contributed by atoms with Gasteiger partial charge in [-0.25, -0.2) is 4.39 Å². The molecule has 3 heteroatoms. The van der Waals surface area contributed by atoms with Crippen LogP contribution in [0.15, 0.2) is 18.2 Å². The lowest BCUT2D eigenvalue weighted by Crippen LogP contribution is -2.27. The zero-order valence-electron chi connectivity index (χ0n) is 10.2. The maximum Gasteiger partial charge on any atom is 0.123 e. The summed E-state index contributed by atoms with van der Waals surface area (Å²) in [5.41, 5.74) is 1.06. The second kappa shape index (κ2) is 4.30. The molecule has 1 aromatic rings. The summed E-state index contributed by atoms with van der Waals surface area (Å²) in [5, 5.41) is 0. The lowest BCUT2D eigenvalue weighted by atomic mass is 9.93. The van der Waals surface area contributed by atoms with Crippen LogP contribution in [0, 0.1) is 5.82 Å². The van der Waals surface area contributed by atoms with Crippen LogP contribution >= 0.6 is 0 Å². The predicted molar refractivity (Wildman–Crippen MR) is 64.9 cm³/mol. The summed E-state index contributed by atoms with van der Waals surface area (Å²) < 4.78 is 18.9. The Morgan fingerprint density at radius 1 is 1.47 bits per heavy atom. The largest absolute Gasteiger partial charge is 0.493 e. The molecule has 92 valence electrons. The van der Waals surface area contributed by atoms with Crippen molar-refractivity contribution in [2.75, 3.05) is 20.2 Å². The van der Waals surface area contributed by atoms with Crippen LogP contribution in [0.2, 0.25) is 0 Å². The van der Waals surface area contributed by atoms with Crippen LogP contribution in [0.1, 0.15) is 30.7 Å². The highest BCUT2D eigenvalue weighted by Crippen LogP contribution is 2.38. The molecular formula is C14H18FNO. The van der Waals surface area contributed by atoms with E-state index in [2.05, 4.69) is 11.9 Å². The summed E-state index contributed by atoms with van der Waals surface area (Å²) in [5.74, 6) is 1.09. The van der Waals surface area contributed by atoms with Crippen LogP contribution < -0.4 is 4.74 Å². The minimum atomic E-state index is -0.154. The number of likely N-dealkylation sites (tertiary alicyclic amines) is 1. The lowest BCUT2D eigenvalue weighted by molar-refractivity contribution is 0.257. The molecule has 2 aliphatic heterocycles. The molecule has 3 rings (SSSR count). The lowest BCUT2D eigenvalue weighted by Gasteiger charge is -2.22. The highest BCUT2D eigenvalue weighted by molar-refractivity contribution is 5.40. The quantitative estimate of drug-likeness (QED) is 0.781. The van der Waals surface area contributed by atoms with Gasteiger partial charge in [0.2, 0.25) is 0 Å². The molecule has 1 unspecified atom stereocenters. The molecule has 1 aromatic carbocycles. The average molecular weight is 235 g/mol. The van der Waals surface area contributed by atoms with Gasteiger partial charge in [0.1, 0.15) is 11.6 Å². The van der Waals surface area contributed by atoms with E-state index in [1.807, 2.05) is 0 Å². The maximum absolute atomic E-state index is 13.3. The Morgan fingerprint density at radius 3 is 3.12 bits per heavy atom. The molecule has 0 aromatic heterocycles. The predicted octanol–water partition coefficient (Wildman–Crippen LogP) is 2.79. The molecule has 0 amide bonds. The molecule has 0 radical (unpaired) electrons. The highest BCUT2D eigenvalue weighted by Gasteiger charge is 2.30. The fourth-order valence-electron chi connectivity index (χ4n) is 3.05. The number of nitrogens with zero attached hydrogens (tertiary/aromatic N) is 1. The summed E-state index contributed by atoms with van der Waals surface area (Å²) in [6.07, 6.45) is 3.63. The number of benzene rings is 1. The van der Waals surface area contributed by atoms with Crippen molar-refractivity contribution in [3.63, 3.8) is 0 Å². The molecule has 2 nitrogen and oxygen atoms in total. The molecule has 0 bridgehead atoms. The number of hydrogen-bond acceptors (Lipinski definition) is 2. The third kappa shape index (κ3) is 2.04. The monoisotopic (exact) mass is 235 g/mol. The van der Waals surface area contributed by atoms with Gasteiger partial charge in [0.25, 0.3) is 0 Å². The molecular weight excluding hydrogens is 217 g/mol. The van der Waals surface area contributed by atoms with Crippen LogP contribution in [0.4, 0.5) is 4.39 Å². The second-order valence-electron chi connectivity index (χ2n) is 5.20. The smallest absolute Gasteiger partial charge is 0.123 e. The maximum atomic E-state index is 13.3. The first-order valence-electron chi connectivity index (χ1n) is 6.36. The average Bonchev–Trinajstić information content (AvgIpc) is 2.88. The number of halogens is 1. The van der Waals surface area contributed by atoms with E-state index >= 15 is 0 Å². The summed E-state index contributed by atoms with van der Waals surface area (Å²) >= 11 is 0. The number of fused-ring (bicyclic) bond motifs is 1. The summed E-state index contributed by atoms with van der Waals surface area (Å²) in [6, 6.07) is 5.51. The van der Waals surface area contributed by atoms with Crippen molar-refractivity contribution in [1.29, 1.82) is 0 Å². The summed E-state index contributed by atoms with van der Waals surface area (Å²) in [6.45, 7) is 1.90. The molecule has 2 atom stereocenters. The Labute approximate surface area is 101 Å². The SMILES string of the molecule is CN1CCC[C@@H]1CC1COc2ccc(F)cc21. The Bertz CT molecular complexity index is 421. The van der Waals surface area contributed by atoms with Gasteiger partial charge in [0.15, 0.2) is 0 Å². The van der Waals surface area contributed by atoms with E-state index in [0.717, 1.165) is 17.7 Å². The second-order valence-corrected chi connectivity index (χ2v) is 5.20. The molecule has 0 aliphatic carbocycles. The van der Waals surface area contributed by atoms with Crippen molar-refractivity contribution in [2.24, 2.45) is 0 Å². The van der Waals surface area contributed by atoms with E-state index in [9.17, 15) is 4.39 Å². The third-order valence-electron chi connectivity index (χ3n) is 4.08. The Kier molecular flexibility index (Phi) is 2.79. The highest BCUT2D eigenvalue weighted by atomic mass is 19.1. The van der Waals surface area contributed by atoms with Gasteiger partial charge in [-0.3, -0.25) is 0 Å². The van der Waals surface area contributed by atoms with Crippen molar-refractivity contribution in [1.82, 2.24) is 4.90 Å². The first-order valence-corrected chi connectivity index (χ1v) is 6.36. The van der Waals surface area contributed by atoms with Crippen LogP contribution in [0.5, 0.6) is 5.75 Å². The first kappa shape index (κ1) is 11.0. The summed E-state index contributed by atoms with van der Waals surface area (Å²) in [4.78, 5) is 2.41. The van der Waals surface area contributed by atoms with Gasteiger partial charge in [0, 0.05) is 17.5 Å². The molecule has 0 N–H and O–H groups in total. The zero-order chi connectivity index (χ0) is 11.8. The fourth-order valence-corrected chi connectivity index (χ4v) is 3.05. The van der Waals surface area contributed by atoms with Crippen molar-refractivity contribution in [2.45, 2.75) is 31.2 Å². The topological polar surface area (TPSA) is 12.5 Å². The molecule has 1 fully saturated rings. The standard InChI is InChI=1S/C14H18FNO/c1-16-6-2-3-12(16)7-10-9-17-14-5-4-11(15)8-13(10)14/h4-5,8,10,12H,2-3,6-7,9H2,1H3/t10?,12-/m1/s1. The van der Waals surface area contributed by atoms with Crippen molar-refractivity contribution < 1.29 is 9.13 Å². The van der Waals surface area contributed by atoms with E-state index in [0.29, 0.717) is 18.6 Å². The van der Waals surface area contributed by atoms with Crippen molar-refractivity contribution in [3.8, 4) is 5.75 Å². The van der Waals surface area contributed by atoms with Gasteiger partial charge in [0.05, 0.1) is 6.61 Å². The van der Waals surface area contributed by atoms with Crippen molar-refractivity contribution >= 4 is 0 Å². The van der Waals surface area contributed by atoms with E-state index in [1.165, 1.54) is 25.5 Å². The van der Waals surface area contributed by atoms with Crippen LogP contribution in [-0.2, 0) is 0 Å².